The smallest absolute Gasteiger partial charge is 0.414 e. The van der Waals surface area contributed by atoms with Gasteiger partial charge in [-0.1, -0.05) is 13.8 Å². The molecule has 0 saturated carbocycles. The zero-order valence-electron chi connectivity index (χ0n) is 17.3. The number of benzene rings is 1. The number of Topliss-reactive ketones (excluding diaryl/α,β-unsaturated/α-hetero) is 2. The summed E-state index contributed by atoms with van der Waals surface area (Å²) < 4.78 is 20.1. The number of carbonyl (C=O) groups excluding carboxylic acids is 4. The summed E-state index contributed by atoms with van der Waals surface area (Å²) in [5.41, 5.74) is 0.548. The molecule has 0 radical (unpaired) electrons. The van der Waals surface area contributed by atoms with E-state index in [-0.39, 0.29) is 37.0 Å². The maximum atomic E-state index is 14.9. The molecule has 3 rings (SSSR count). The fourth-order valence-corrected chi connectivity index (χ4v) is 3.85. The van der Waals surface area contributed by atoms with Gasteiger partial charge in [0.15, 0.2) is 0 Å². The van der Waals surface area contributed by atoms with Crippen LogP contribution in [0.2, 0.25) is 0 Å². The summed E-state index contributed by atoms with van der Waals surface area (Å²) in [6.07, 6.45) is -0.363. The van der Waals surface area contributed by atoms with E-state index in [2.05, 4.69) is 5.32 Å². The molecule has 2 amide bonds. The standard InChI is InChI=1S/C21H26FN3O5/c1-4-5-18(27)20(28)19-12(2)10-25(19)17-7-6-14(8-16(17)22)24-11-15(30-21(24)29)9-23-13(3)26/h6-8,12,15,19H,4-5,9-11H2,1-3H3,(H,23,26)/t12-,15-,19-/m0/s1. The van der Waals surface area contributed by atoms with E-state index in [0.717, 1.165) is 0 Å². The largest absolute Gasteiger partial charge is 0.442 e. The van der Waals surface area contributed by atoms with Gasteiger partial charge in [-0.15, -0.1) is 0 Å². The Bertz CT molecular complexity index is 874. The van der Waals surface area contributed by atoms with Crippen LogP contribution < -0.4 is 15.1 Å². The zero-order chi connectivity index (χ0) is 22.0. The van der Waals surface area contributed by atoms with Crippen molar-refractivity contribution in [2.75, 3.05) is 29.4 Å². The number of anilines is 2. The summed E-state index contributed by atoms with van der Waals surface area (Å²) in [6, 6.07) is 3.65. The van der Waals surface area contributed by atoms with E-state index in [0.29, 0.717) is 18.7 Å². The van der Waals surface area contributed by atoms with E-state index in [9.17, 15) is 23.6 Å². The summed E-state index contributed by atoms with van der Waals surface area (Å²) in [5, 5.41) is 2.59. The Balaban J connectivity index is 1.73. The lowest BCUT2D eigenvalue weighted by molar-refractivity contribution is -0.139. The molecule has 3 atom stereocenters. The van der Waals surface area contributed by atoms with Gasteiger partial charge in [0.25, 0.3) is 0 Å². The van der Waals surface area contributed by atoms with Crippen molar-refractivity contribution in [2.45, 2.75) is 45.8 Å². The van der Waals surface area contributed by atoms with Crippen molar-refractivity contribution < 1.29 is 28.3 Å². The summed E-state index contributed by atoms with van der Waals surface area (Å²) in [5.74, 6) is -1.77. The van der Waals surface area contributed by atoms with Gasteiger partial charge in [0.2, 0.25) is 17.5 Å². The van der Waals surface area contributed by atoms with E-state index in [4.69, 9.17) is 4.74 Å². The minimum Gasteiger partial charge on any atom is -0.442 e. The third-order valence-electron chi connectivity index (χ3n) is 5.39. The average Bonchev–Trinajstić information content (AvgIpc) is 3.05. The van der Waals surface area contributed by atoms with Crippen molar-refractivity contribution in [3.63, 3.8) is 0 Å². The Hall–Kier alpha value is -2.97. The first-order chi connectivity index (χ1) is 14.2. The highest BCUT2D eigenvalue weighted by atomic mass is 19.1. The summed E-state index contributed by atoms with van der Waals surface area (Å²) in [6.45, 7) is 5.89. The van der Waals surface area contributed by atoms with E-state index >= 15 is 0 Å². The Morgan fingerprint density at radius 1 is 1.27 bits per heavy atom. The van der Waals surface area contributed by atoms with Crippen LogP contribution in [0.3, 0.4) is 0 Å². The Morgan fingerprint density at radius 3 is 2.60 bits per heavy atom. The molecule has 0 spiro atoms. The molecule has 2 saturated heterocycles. The molecule has 1 aromatic carbocycles. The molecule has 2 aliphatic rings. The van der Waals surface area contributed by atoms with Gasteiger partial charge in [-0.25, -0.2) is 9.18 Å². The molecule has 9 heteroatoms. The first kappa shape index (κ1) is 21.7. The molecule has 8 nitrogen and oxygen atoms in total. The summed E-state index contributed by atoms with van der Waals surface area (Å²) in [7, 11) is 0. The van der Waals surface area contributed by atoms with Gasteiger partial charge >= 0.3 is 6.09 Å². The zero-order valence-corrected chi connectivity index (χ0v) is 17.3. The van der Waals surface area contributed by atoms with Crippen LogP contribution in [0.25, 0.3) is 0 Å². The van der Waals surface area contributed by atoms with Gasteiger partial charge in [-0.3, -0.25) is 19.3 Å². The number of rotatable bonds is 8. The number of halogens is 1. The molecule has 2 aliphatic heterocycles. The third-order valence-corrected chi connectivity index (χ3v) is 5.39. The topological polar surface area (TPSA) is 96.0 Å². The van der Waals surface area contributed by atoms with Crippen LogP contribution in [0.1, 0.15) is 33.6 Å². The average molecular weight is 419 g/mol. The second kappa shape index (κ2) is 8.81. The Kier molecular flexibility index (Phi) is 6.38. The van der Waals surface area contributed by atoms with E-state index < -0.39 is 35.6 Å². The van der Waals surface area contributed by atoms with Crippen molar-refractivity contribution in [3.8, 4) is 0 Å². The molecule has 2 heterocycles. The Morgan fingerprint density at radius 2 is 2.00 bits per heavy atom. The molecule has 0 unspecified atom stereocenters. The Labute approximate surface area is 174 Å². The highest BCUT2D eigenvalue weighted by molar-refractivity contribution is 6.40. The minimum atomic E-state index is -0.664. The van der Waals surface area contributed by atoms with Crippen molar-refractivity contribution in [1.82, 2.24) is 5.32 Å². The molecule has 162 valence electrons. The molecule has 0 aromatic heterocycles. The maximum Gasteiger partial charge on any atom is 0.414 e. The fraction of sp³-hybridized carbons (Fsp3) is 0.524. The molecule has 0 aliphatic carbocycles. The normalized spacial score (nSPS) is 23.1. The van der Waals surface area contributed by atoms with Gasteiger partial charge in [-0.05, 0) is 24.6 Å². The highest BCUT2D eigenvalue weighted by Crippen LogP contribution is 2.35. The van der Waals surface area contributed by atoms with E-state index in [1.54, 1.807) is 11.0 Å². The number of nitrogens with zero attached hydrogens (tertiary/aromatic N) is 2. The van der Waals surface area contributed by atoms with Gasteiger partial charge in [0, 0.05) is 25.8 Å². The lowest BCUT2D eigenvalue weighted by Crippen LogP contribution is -2.61. The van der Waals surface area contributed by atoms with Crippen LogP contribution in [0.5, 0.6) is 0 Å². The monoisotopic (exact) mass is 419 g/mol. The summed E-state index contributed by atoms with van der Waals surface area (Å²) in [4.78, 5) is 50.5. The van der Waals surface area contributed by atoms with Crippen molar-refractivity contribution in [1.29, 1.82) is 0 Å². The predicted octanol–water partition coefficient (Wildman–Crippen LogP) is 2.05. The van der Waals surface area contributed by atoms with E-state index in [1.807, 2.05) is 13.8 Å². The lowest BCUT2D eigenvalue weighted by Gasteiger charge is -2.47. The number of nitrogens with one attached hydrogen (secondary N) is 1. The number of hydrogen-bond acceptors (Lipinski definition) is 6. The molecular formula is C21H26FN3O5. The van der Waals surface area contributed by atoms with Crippen LogP contribution in [0, 0.1) is 11.7 Å². The SMILES string of the molecule is CCCC(=O)C(=O)[C@@H]1[C@@H](C)CN1c1ccc(N2C[C@H](CNC(C)=O)OC2=O)cc1F. The molecular weight excluding hydrogens is 393 g/mol. The minimum absolute atomic E-state index is 0.0412. The van der Waals surface area contributed by atoms with Crippen LogP contribution in [-0.2, 0) is 19.1 Å². The second-order valence-corrected chi connectivity index (χ2v) is 7.80. The predicted molar refractivity (Wildman–Crippen MR) is 108 cm³/mol. The number of carbonyl (C=O) groups is 4. The lowest BCUT2D eigenvalue weighted by atomic mass is 9.84. The second-order valence-electron chi connectivity index (χ2n) is 7.80. The van der Waals surface area contributed by atoms with Crippen LogP contribution in [0.15, 0.2) is 18.2 Å². The molecule has 30 heavy (non-hydrogen) atoms. The maximum absolute atomic E-state index is 14.9. The van der Waals surface area contributed by atoms with Crippen LogP contribution in [-0.4, -0.2) is 55.3 Å². The van der Waals surface area contributed by atoms with Crippen molar-refractivity contribution in [2.24, 2.45) is 5.92 Å². The fourth-order valence-electron chi connectivity index (χ4n) is 3.85. The molecule has 1 N–H and O–H groups in total. The molecule has 1 aromatic rings. The van der Waals surface area contributed by atoms with Gasteiger partial charge in [0.05, 0.1) is 30.5 Å². The summed E-state index contributed by atoms with van der Waals surface area (Å²) >= 11 is 0. The first-order valence-electron chi connectivity index (χ1n) is 10.1. The quantitative estimate of drug-likeness (QED) is 0.648. The number of amides is 2. The first-order valence-corrected chi connectivity index (χ1v) is 10.1. The van der Waals surface area contributed by atoms with Gasteiger partial charge in [-0.2, -0.15) is 0 Å². The van der Waals surface area contributed by atoms with E-state index in [1.165, 1.54) is 24.0 Å². The third kappa shape index (κ3) is 4.29. The number of cyclic esters (lactones) is 1. The number of hydrogen-bond donors (Lipinski definition) is 1. The van der Waals surface area contributed by atoms with Crippen molar-refractivity contribution >= 4 is 34.9 Å². The van der Waals surface area contributed by atoms with Crippen molar-refractivity contribution in [3.05, 3.63) is 24.0 Å². The number of ether oxygens (including phenoxy) is 1. The number of ketones is 2. The van der Waals surface area contributed by atoms with Gasteiger partial charge < -0.3 is 15.0 Å². The van der Waals surface area contributed by atoms with Crippen LogP contribution in [0.4, 0.5) is 20.6 Å². The van der Waals surface area contributed by atoms with Crippen LogP contribution >= 0.6 is 0 Å². The van der Waals surface area contributed by atoms with Gasteiger partial charge in [0.1, 0.15) is 11.9 Å². The highest BCUT2D eigenvalue weighted by Gasteiger charge is 2.44. The molecule has 0 bridgehead atoms. The molecule has 2 fully saturated rings.